The summed E-state index contributed by atoms with van der Waals surface area (Å²) in [4.78, 5) is 12.0. The van der Waals surface area contributed by atoms with Gasteiger partial charge in [-0.05, 0) is 31.6 Å². The number of carbonyl (C=O) groups is 1. The van der Waals surface area contributed by atoms with Crippen molar-refractivity contribution in [2.45, 2.75) is 26.4 Å². The molecule has 0 saturated carbocycles. The van der Waals surface area contributed by atoms with Gasteiger partial charge in [-0.1, -0.05) is 30.3 Å². The molecule has 2 rings (SSSR count). The summed E-state index contributed by atoms with van der Waals surface area (Å²) in [5.74, 6) is -0.439. The van der Waals surface area contributed by atoms with E-state index < -0.39 is 5.91 Å². The van der Waals surface area contributed by atoms with Crippen LogP contribution in [0.25, 0.3) is 0 Å². The van der Waals surface area contributed by atoms with Crippen LogP contribution >= 0.6 is 12.2 Å². The summed E-state index contributed by atoms with van der Waals surface area (Å²) in [6.07, 6.45) is 1.61. The Balaban J connectivity index is 1.86. The number of nitrogens with one attached hydrogen (secondary N) is 3. The molecule has 5 N–H and O–H groups in total. The summed E-state index contributed by atoms with van der Waals surface area (Å²) in [6.45, 7) is 4.53. The molecule has 2 aromatic rings. The molecular weight excluding hydrogens is 312 g/mol. The quantitative estimate of drug-likeness (QED) is 0.499. The Hall–Kier alpha value is -2.61. The predicted octanol–water partition coefficient (Wildman–Crippen LogP) is 1.36. The number of carbonyl (C=O) groups excluding carboxylic acids is 1. The summed E-state index contributed by atoms with van der Waals surface area (Å²) >= 11 is 5.17. The van der Waals surface area contributed by atoms with Crippen molar-refractivity contribution in [3.05, 3.63) is 47.8 Å². The van der Waals surface area contributed by atoms with Crippen LogP contribution in [0.5, 0.6) is 0 Å². The van der Waals surface area contributed by atoms with Gasteiger partial charge in [-0.25, -0.2) is 0 Å². The first kappa shape index (κ1) is 16.8. The normalized spacial score (nSPS) is 11.6. The molecule has 7 nitrogen and oxygen atoms in total. The number of hydrogen-bond acceptors (Lipinski definition) is 4. The fraction of sp³-hybridized carbons (Fsp3) is 0.267. The van der Waals surface area contributed by atoms with E-state index >= 15 is 0 Å². The number of nitrogens with zero attached hydrogens (tertiary/aromatic N) is 2. The number of aryl methyl sites for hydroxylation is 1. The maximum absolute atomic E-state index is 12.0. The molecule has 1 amide bonds. The van der Waals surface area contributed by atoms with E-state index in [2.05, 4.69) is 21.3 Å². The molecule has 0 aliphatic rings. The first-order valence-corrected chi connectivity index (χ1v) is 7.66. The standard InChI is InChI=1S/C15H20N6OS/c1-3-21-9-12(16)13(20-21)14(22)18-19-15(23)17-10(2)11-7-5-4-6-8-11/h4-10H,3,16H2,1-2H3,(H,18,22)(H2,17,19,23)/t10-/m0/s1. The van der Waals surface area contributed by atoms with Crippen LogP contribution in [0.3, 0.4) is 0 Å². The Morgan fingerprint density at radius 1 is 1.35 bits per heavy atom. The number of rotatable bonds is 4. The van der Waals surface area contributed by atoms with Crippen LogP contribution in [0.15, 0.2) is 36.5 Å². The number of thiocarbonyl (C=S) groups is 1. The van der Waals surface area contributed by atoms with E-state index in [0.717, 1.165) is 5.56 Å². The third-order valence-corrected chi connectivity index (χ3v) is 3.49. The monoisotopic (exact) mass is 332 g/mol. The number of nitrogens with two attached hydrogens (primary N) is 1. The number of amides is 1. The molecule has 0 fully saturated rings. The first-order chi connectivity index (χ1) is 11.0. The second-order valence-corrected chi connectivity index (χ2v) is 5.38. The lowest BCUT2D eigenvalue weighted by atomic mass is 10.1. The maximum atomic E-state index is 12.0. The van der Waals surface area contributed by atoms with Gasteiger partial charge in [0.2, 0.25) is 0 Å². The lowest BCUT2D eigenvalue weighted by molar-refractivity contribution is 0.0938. The van der Waals surface area contributed by atoms with Crippen molar-refractivity contribution < 1.29 is 4.79 Å². The fourth-order valence-corrected chi connectivity index (χ4v) is 2.23. The number of benzene rings is 1. The summed E-state index contributed by atoms with van der Waals surface area (Å²) in [7, 11) is 0. The van der Waals surface area contributed by atoms with Gasteiger partial charge < -0.3 is 11.1 Å². The number of hydrogen-bond donors (Lipinski definition) is 4. The molecule has 0 aliphatic carbocycles. The number of nitrogen functional groups attached to an aromatic ring is 1. The number of hydrazine groups is 1. The minimum atomic E-state index is -0.439. The molecule has 1 aromatic carbocycles. The van der Waals surface area contributed by atoms with Gasteiger partial charge in [0.1, 0.15) is 0 Å². The van der Waals surface area contributed by atoms with Gasteiger partial charge in [0.25, 0.3) is 5.91 Å². The smallest absolute Gasteiger partial charge is 0.292 e. The third-order valence-electron chi connectivity index (χ3n) is 3.27. The second-order valence-electron chi connectivity index (χ2n) is 4.97. The lowest BCUT2D eigenvalue weighted by Gasteiger charge is -2.17. The van der Waals surface area contributed by atoms with Crippen molar-refractivity contribution in [3.63, 3.8) is 0 Å². The van der Waals surface area contributed by atoms with Gasteiger partial charge >= 0.3 is 0 Å². The Morgan fingerprint density at radius 3 is 2.65 bits per heavy atom. The maximum Gasteiger partial charge on any atom is 0.292 e. The number of aromatic nitrogens is 2. The van der Waals surface area contributed by atoms with Gasteiger partial charge in [-0.2, -0.15) is 5.10 Å². The minimum absolute atomic E-state index is 0.0115. The molecule has 1 atom stereocenters. The topological polar surface area (TPSA) is 97.0 Å². The van der Waals surface area contributed by atoms with Crippen LogP contribution in [-0.2, 0) is 6.54 Å². The molecule has 122 valence electrons. The van der Waals surface area contributed by atoms with Crippen molar-refractivity contribution in [2.75, 3.05) is 5.73 Å². The summed E-state index contributed by atoms with van der Waals surface area (Å²) in [6, 6.07) is 9.87. The molecule has 0 spiro atoms. The highest BCUT2D eigenvalue weighted by Crippen LogP contribution is 2.11. The molecule has 0 aliphatic heterocycles. The van der Waals surface area contributed by atoms with E-state index in [1.807, 2.05) is 44.2 Å². The largest absolute Gasteiger partial charge is 0.396 e. The van der Waals surface area contributed by atoms with Gasteiger partial charge in [0, 0.05) is 12.7 Å². The highest BCUT2D eigenvalue weighted by molar-refractivity contribution is 7.80. The molecular formula is C15H20N6OS. The zero-order chi connectivity index (χ0) is 16.8. The Kier molecular flexibility index (Phi) is 5.53. The highest BCUT2D eigenvalue weighted by atomic mass is 32.1. The van der Waals surface area contributed by atoms with Gasteiger partial charge in [0.15, 0.2) is 10.8 Å². The van der Waals surface area contributed by atoms with E-state index in [0.29, 0.717) is 17.3 Å². The first-order valence-electron chi connectivity index (χ1n) is 7.26. The fourth-order valence-electron chi connectivity index (χ4n) is 2.01. The van der Waals surface area contributed by atoms with Gasteiger partial charge in [-0.3, -0.25) is 20.3 Å². The molecule has 0 unspecified atom stereocenters. The van der Waals surface area contributed by atoms with E-state index in [1.54, 1.807) is 10.9 Å². The zero-order valence-electron chi connectivity index (χ0n) is 13.0. The summed E-state index contributed by atoms with van der Waals surface area (Å²) < 4.78 is 1.60. The molecule has 23 heavy (non-hydrogen) atoms. The van der Waals surface area contributed by atoms with Crippen molar-refractivity contribution in [1.29, 1.82) is 0 Å². The van der Waals surface area contributed by atoms with Crippen LogP contribution < -0.4 is 21.9 Å². The van der Waals surface area contributed by atoms with E-state index in [9.17, 15) is 4.79 Å². The van der Waals surface area contributed by atoms with Crippen molar-refractivity contribution in [2.24, 2.45) is 0 Å². The van der Waals surface area contributed by atoms with E-state index in [-0.39, 0.29) is 11.7 Å². The van der Waals surface area contributed by atoms with Crippen molar-refractivity contribution in [3.8, 4) is 0 Å². The average molecular weight is 332 g/mol. The summed E-state index contributed by atoms with van der Waals surface area (Å²) in [5, 5.41) is 7.48. The molecule has 0 radical (unpaired) electrons. The number of anilines is 1. The highest BCUT2D eigenvalue weighted by Gasteiger charge is 2.15. The summed E-state index contributed by atoms with van der Waals surface area (Å²) in [5.41, 5.74) is 12.5. The zero-order valence-corrected chi connectivity index (χ0v) is 13.9. The van der Waals surface area contributed by atoms with Gasteiger partial charge in [0.05, 0.1) is 11.7 Å². The van der Waals surface area contributed by atoms with Gasteiger partial charge in [-0.15, -0.1) is 0 Å². The second kappa shape index (κ2) is 7.59. The minimum Gasteiger partial charge on any atom is -0.396 e. The van der Waals surface area contributed by atoms with Crippen molar-refractivity contribution in [1.82, 2.24) is 25.9 Å². The average Bonchev–Trinajstić information content (AvgIpc) is 2.94. The molecule has 1 heterocycles. The molecule has 0 bridgehead atoms. The Bertz CT molecular complexity index is 685. The molecule has 8 heteroatoms. The van der Waals surface area contributed by atoms with Crippen LogP contribution in [0.4, 0.5) is 5.69 Å². The Morgan fingerprint density at radius 2 is 2.04 bits per heavy atom. The van der Waals surface area contributed by atoms with E-state index in [1.165, 1.54) is 0 Å². The van der Waals surface area contributed by atoms with Crippen LogP contribution in [0.2, 0.25) is 0 Å². The SMILES string of the molecule is CCn1cc(N)c(C(=O)NNC(=S)N[C@@H](C)c2ccccc2)n1. The Labute approximate surface area is 140 Å². The predicted molar refractivity (Wildman–Crippen MR) is 93.5 cm³/mol. The molecule has 1 aromatic heterocycles. The van der Waals surface area contributed by atoms with Crippen LogP contribution in [0.1, 0.15) is 35.9 Å². The van der Waals surface area contributed by atoms with E-state index in [4.69, 9.17) is 18.0 Å². The van der Waals surface area contributed by atoms with Crippen molar-refractivity contribution >= 4 is 28.9 Å². The molecule has 0 saturated heterocycles. The lowest BCUT2D eigenvalue weighted by Crippen LogP contribution is -2.47. The third kappa shape index (κ3) is 4.43. The van der Waals surface area contributed by atoms with Crippen LogP contribution in [0, 0.1) is 0 Å². The van der Waals surface area contributed by atoms with Crippen LogP contribution in [-0.4, -0.2) is 20.8 Å².